The number of hydrogen-bond acceptors (Lipinski definition) is 8. The maximum atomic E-state index is 13.9. The molecule has 1 N–H and O–H groups in total. The van der Waals surface area contributed by atoms with Crippen molar-refractivity contribution >= 4 is 22.1 Å². The minimum Gasteiger partial charge on any atom is -0.482 e. The van der Waals surface area contributed by atoms with Crippen LogP contribution in [-0.2, 0) is 30.9 Å². The second-order valence-electron chi connectivity index (χ2n) is 13.3. The van der Waals surface area contributed by atoms with Gasteiger partial charge in [0.2, 0.25) is 10.0 Å². The lowest BCUT2D eigenvalue weighted by Crippen LogP contribution is -2.54. The summed E-state index contributed by atoms with van der Waals surface area (Å²) < 4.78 is 53.5. The van der Waals surface area contributed by atoms with Gasteiger partial charge in [-0.05, 0) is 74.4 Å². The van der Waals surface area contributed by atoms with E-state index in [4.69, 9.17) is 18.9 Å². The molecule has 3 aromatic rings. The summed E-state index contributed by atoms with van der Waals surface area (Å²) in [5, 5.41) is 8.76. The summed E-state index contributed by atoms with van der Waals surface area (Å²) in [5.41, 5.74) is 2.43. The summed E-state index contributed by atoms with van der Waals surface area (Å²) in [7, 11) is -3.62. The lowest BCUT2D eigenvalue weighted by Gasteiger charge is -2.47. The van der Waals surface area contributed by atoms with E-state index in [1.807, 2.05) is 73.7 Å². The molecule has 0 bridgehead atoms. The van der Waals surface area contributed by atoms with Gasteiger partial charge in [-0.2, -0.15) is 0 Å². The lowest BCUT2D eigenvalue weighted by atomic mass is 9.76. The van der Waals surface area contributed by atoms with Crippen LogP contribution in [0.5, 0.6) is 17.2 Å². The van der Waals surface area contributed by atoms with E-state index in [0.29, 0.717) is 74.7 Å². The third-order valence-corrected chi connectivity index (χ3v) is 12.2. The second-order valence-corrected chi connectivity index (χ2v) is 15.5. The lowest BCUT2D eigenvalue weighted by molar-refractivity contribution is -0.139. The first-order valence-electron chi connectivity index (χ1n) is 17.1. The number of hydrogen-bond donors (Lipinski definition) is 1. The van der Waals surface area contributed by atoms with Gasteiger partial charge < -0.3 is 29.0 Å². The third-order valence-electron chi connectivity index (χ3n) is 9.81. The zero-order chi connectivity index (χ0) is 35.3. The number of sulfonamides is 1. The number of aliphatic carboxylic acids is 1. The third kappa shape index (κ3) is 8.31. The molecular formula is C38H44N2O9S. The average molecular weight is 705 g/mol. The van der Waals surface area contributed by atoms with Crippen LogP contribution in [0.3, 0.4) is 0 Å². The van der Waals surface area contributed by atoms with Crippen molar-refractivity contribution in [2.45, 2.75) is 56.7 Å². The van der Waals surface area contributed by atoms with Gasteiger partial charge >= 0.3 is 12.1 Å². The molecule has 1 amide bonds. The Bertz CT molecular complexity index is 1760. The van der Waals surface area contributed by atoms with Crippen LogP contribution in [0.25, 0.3) is 0 Å². The number of nitrogens with zero attached hydrogens (tertiary/aromatic N) is 2. The average Bonchev–Trinajstić information content (AvgIpc) is 3.13. The van der Waals surface area contributed by atoms with Crippen LogP contribution in [0, 0.1) is 11.8 Å². The van der Waals surface area contributed by atoms with Crippen LogP contribution in [0.15, 0.2) is 91.0 Å². The van der Waals surface area contributed by atoms with Crippen molar-refractivity contribution in [1.82, 2.24) is 9.21 Å². The van der Waals surface area contributed by atoms with Crippen LogP contribution in [0.4, 0.5) is 4.79 Å². The van der Waals surface area contributed by atoms with Crippen molar-refractivity contribution in [1.29, 1.82) is 0 Å². The van der Waals surface area contributed by atoms with Crippen molar-refractivity contribution in [3.8, 4) is 17.2 Å². The number of carboxylic acid groups (broad SMARTS) is 1. The monoisotopic (exact) mass is 704 g/mol. The number of fused-ring (bicyclic) bond motifs is 1. The molecule has 11 nitrogen and oxygen atoms in total. The molecule has 3 aliphatic heterocycles. The van der Waals surface area contributed by atoms with Crippen LogP contribution in [0.1, 0.15) is 49.8 Å². The zero-order valence-corrected chi connectivity index (χ0v) is 29.0. The summed E-state index contributed by atoms with van der Waals surface area (Å²) in [5.74, 6) is 0.263. The van der Waals surface area contributed by atoms with E-state index in [1.54, 1.807) is 21.3 Å². The minimum absolute atomic E-state index is 0.0586. The molecule has 0 aromatic heterocycles. The number of carboxylic acids is 1. The Hall–Kier alpha value is -4.39. The highest BCUT2D eigenvalue weighted by atomic mass is 32.2. The van der Waals surface area contributed by atoms with E-state index < -0.39 is 40.0 Å². The molecule has 3 aromatic carbocycles. The minimum atomic E-state index is -3.62. The van der Waals surface area contributed by atoms with Crippen LogP contribution in [-0.4, -0.2) is 78.9 Å². The summed E-state index contributed by atoms with van der Waals surface area (Å²) >= 11 is 0. The summed E-state index contributed by atoms with van der Waals surface area (Å²) in [4.78, 5) is 25.7. The Balaban J connectivity index is 1.12. The highest BCUT2D eigenvalue weighted by Gasteiger charge is 2.46. The number of carbonyl (C=O) groups excluding carboxylic acids is 1. The highest BCUT2D eigenvalue weighted by Crippen LogP contribution is 2.48. The molecule has 12 heteroatoms. The van der Waals surface area contributed by atoms with Gasteiger partial charge in [-0.25, -0.2) is 22.3 Å². The fourth-order valence-electron chi connectivity index (χ4n) is 7.16. The number of carbonyl (C=O) groups is 2. The Morgan fingerprint density at radius 1 is 0.940 bits per heavy atom. The molecule has 6 rings (SSSR count). The molecule has 0 radical (unpaired) electrons. The number of rotatable bonds is 11. The van der Waals surface area contributed by atoms with Crippen molar-refractivity contribution in [2.75, 3.05) is 32.8 Å². The molecule has 3 fully saturated rings. The van der Waals surface area contributed by atoms with Gasteiger partial charge in [0.15, 0.2) is 6.61 Å². The zero-order valence-electron chi connectivity index (χ0n) is 28.2. The van der Waals surface area contributed by atoms with E-state index >= 15 is 0 Å². The molecule has 0 aliphatic carbocycles. The molecular weight excluding hydrogens is 660 g/mol. The van der Waals surface area contributed by atoms with Gasteiger partial charge in [0.25, 0.3) is 0 Å². The molecule has 0 saturated carbocycles. The normalized spacial score (nSPS) is 23.0. The standard InChI is InChI=1S/C38H44N2O9S/c1-26(2)32-21-28-23-40(50(44,45)31-15-18-39(19-16-31)38(43)47-24-27-9-5-3-6-10-27)20-17-34(28)49-37(32)33-22-30(48-29-11-7-4-8-12-29)13-14-35(33)46-25-36(41)42/h3-14,22,28,31-32,34,37H,1,15-21,23-25H2,2H3,(H,41,42)/t28-,32-,34+,37+/m1/s1. The van der Waals surface area contributed by atoms with Crippen molar-refractivity contribution in [3.05, 3.63) is 102 Å². The van der Waals surface area contributed by atoms with Crippen molar-refractivity contribution in [2.24, 2.45) is 11.8 Å². The van der Waals surface area contributed by atoms with E-state index in [9.17, 15) is 23.1 Å². The SMILES string of the molecule is C=C(C)[C@H]1C[C@@H]2CN(S(=O)(=O)C3CCN(C(=O)OCc4ccccc4)CC3)CC[C@@H]2O[C@@H]1c1cc(Oc2ccccc2)ccc1OCC(=O)O. The van der Waals surface area contributed by atoms with E-state index in [-0.39, 0.29) is 24.5 Å². The second kappa shape index (κ2) is 15.7. The van der Waals surface area contributed by atoms with Crippen LogP contribution < -0.4 is 9.47 Å². The number of amides is 1. The Morgan fingerprint density at radius 2 is 1.64 bits per heavy atom. The Kier molecular flexibility index (Phi) is 11.1. The number of piperidine rings is 2. The predicted molar refractivity (Wildman–Crippen MR) is 186 cm³/mol. The van der Waals surface area contributed by atoms with Crippen LogP contribution >= 0.6 is 0 Å². The van der Waals surface area contributed by atoms with Crippen molar-refractivity contribution < 1.29 is 42.1 Å². The largest absolute Gasteiger partial charge is 0.482 e. The van der Waals surface area contributed by atoms with E-state index in [0.717, 1.165) is 11.1 Å². The molecule has 3 aliphatic rings. The summed E-state index contributed by atoms with van der Waals surface area (Å²) in [6.45, 7) is 7.15. The van der Waals surface area contributed by atoms with Crippen molar-refractivity contribution in [3.63, 3.8) is 0 Å². The Morgan fingerprint density at radius 3 is 2.32 bits per heavy atom. The Labute approximate surface area is 293 Å². The van der Waals surface area contributed by atoms with Gasteiger partial charge in [0, 0.05) is 37.7 Å². The number of para-hydroxylation sites is 1. The smallest absolute Gasteiger partial charge is 0.410 e. The molecule has 266 valence electrons. The molecule has 4 atom stereocenters. The first-order chi connectivity index (χ1) is 24.1. The molecule has 50 heavy (non-hydrogen) atoms. The number of benzene rings is 3. The molecule has 0 unspecified atom stereocenters. The summed E-state index contributed by atoms with van der Waals surface area (Å²) in [6, 6.07) is 24.1. The predicted octanol–water partition coefficient (Wildman–Crippen LogP) is 6.42. The number of likely N-dealkylation sites (tertiary alicyclic amines) is 1. The van der Waals surface area contributed by atoms with E-state index in [1.165, 1.54) is 0 Å². The maximum absolute atomic E-state index is 13.9. The fourth-order valence-corrected chi connectivity index (χ4v) is 9.15. The maximum Gasteiger partial charge on any atom is 0.410 e. The molecule has 3 saturated heterocycles. The van der Waals surface area contributed by atoms with Gasteiger partial charge in [-0.15, -0.1) is 0 Å². The first kappa shape index (κ1) is 35.4. The topological polar surface area (TPSA) is 132 Å². The summed E-state index contributed by atoms with van der Waals surface area (Å²) in [6.07, 6.45) is 0.713. The van der Waals surface area contributed by atoms with Gasteiger partial charge in [-0.3, -0.25) is 0 Å². The quantitative estimate of drug-likeness (QED) is 0.225. The van der Waals surface area contributed by atoms with Crippen LogP contribution in [0.2, 0.25) is 0 Å². The molecule has 3 heterocycles. The molecule has 0 spiro atoms. The number of ether oxygens (including phenoxy) is 4. The van der Waals surface area contributed by atoms with Gasteiger partial charge in [0.1, 0.15) is 23.9 Å². The van der Waals surface area contributed by atoms with E-state index in [2.05, 4.69) is 6.58 Å². The van der Waals surface area contributed by atoms with Gasteiger partial charge in [-0.1, -0.05) is 60.7 Å². The fraction of sp³-hybridized carbons (Fsp3) is 0.421. The van der Waals surface area contributed by atoms with Gasteiger partial charge in [0.05, 0.1) is 17.5 Å². The highest BCUT2D eigenvalue weighted by molar-refractivity contribution is 7.89. The first-order valence-corrected chi connectivity index (χ1v) is 18.6.